The maximum atomic E-state index is 12.9. The molecule has 1 amide bonds. The molecular weight excluding hydrogens is 482 g/mol. The largest absolute Gasteiger partial charge is 0.495 e. The van der Waals surface area contributed by atoms with E-state index in [0.29, 0.717) is 27.9 Å². The Kier molecular flexibility index (Phi) is 7.18. The number of rotatable bonds is 9. The van der Waals surface area contributed by atoms with Crippen molar-refractivity contribution in [2.24, 2.45) is 0 Å². The van der Waals surface area contributed by atoms with Crippen LogP contribution in [0.1, 0.15) is 10.4 Å². The smallest absolute Gasteiger partial charge is 0.255 e. The Morgan fingerprint density at radius 3 is 2.31 bits per heavy atom. The Morgan fingerprint density at radius 2 is 1.72 bits per heavy atom. The Balaban J connectivity index is 1.83. The van der Waals surface area contributed by atoms with E-state index in [-0.39, 0.29) is 30.5 Å². The summed E-state index contributed by atoms with van der Waals surface area (Å²) >= 11 is 0. The van der Waals surface area contributed by atoms with E-state index in [4.69, 9.17) is 9.15 Å². The standard InChI is InChI=1S/C26H27N3O6S/c1-27-26(31)24-20-15-23(34-2)21(29(13-14-30)36(3,32)33)16-22(20)35-25(24)17-9-11-19(12-10-17)28-18-7-5-4-6-8-18/h4-12,15-16,28,30H,13-14H2,1-3H3,(H,27,31). The number of benzene rings is 3. The van der Waals surface area contributed by atoms with E-state index < -0.39 is 10.0 Å². The summed E-state index contributed by atoms with van der Waals surface area (Å²) in [6.07, 6.45) is 1.04. The molecule has 0 bridgehead atoms. The molecule has 36 heavy (non-hydrogen) atoms. The van der Waals surface area contributed by atoms with Crippen molar-refractivity contribution in [3.63, 3.8) is 0 Å². The molecule has 188 valence electrons. The Morgan fingerprint density at radius 1 is 1.06 bits per heavy atom. The lowest BCUT2D eigenvalue weighted by atomic mass is 10.0. The summed E-state index contributed by atoms with van der Waals surface area (Å²) in [7, 11) is -0.793. The highest BCUT2D eigenvalue weighted by Gasteiger charge is 2.27. The summed E-state index contributed by atoms with van der Waals surface area (Å²) < 4.78 is 37.4. The van der Waals surface area contributed by atoms with Gasteiger partial charge in [-0.3, -0.25) is 9.10 Å². The van der Waals surface area contributed by atoms with Crippen LogP contribution in [0.25, 0.3) is 22.3 Å². The minimum absolute atomic E-state index is 0.160. The summed E-state index contributed by atoms with van der Waals surface area (Å²) in [5, 5.41) is 15.8. The van der Waals surface area contributed by atoms with Gasteiger partial charge in [0.2, 0.25) is 10.0 Å². The molecule has 9 nitrogen and oxygen atoms in total. The first kappa shape index (κ1) is 25.1. The van der Waals surface area contributed by atoms with Crippen molar-refractivity contribution in [1.29, 1.82) is 0 Å². The van der Waals surface area contributed by atoms with Gasteiger partial charge < -0.3 is 24.9 Å². The SMILES string of the molecule is CNC(=O)c1c(-c2ccc(Nc3ccccc3)cc2)oc2cc(N(CCO)S(C)(=O)=O)c(OC)cc12. The Hall–Kier alpha value is -4.02. The second kappa shape index (κ2) is 10.3. The molecule has 3 N–H and O–H groups in total. The van der Waals surface area contributed by atoms with Crippen LogP contribution in [0.15, 0.2) is 71.1 Å². The lowest BCUT2D eigenvalue weighted by Crippen LogP contribution is -2.32. The number of nitrogens with zero attached hydrogens (tertiary/aromatic N) is 1. The number of amides is 1. The van der Waals surface area contributed by atoms with E-state index in [1.165, 1.54) is 20.2 Å². The lowest BCUT2D eigenvalue weighted by Gasteiger charge is -2.23. The van der Waals surface area contributed by atoms with Crippen LogP contribution in [0.4, 0.5) is 17.1 Å². The molecule has 0 unspecified atom stereocenters. The van der Waals surface area contributed by atoms with Crippen molar-refractivity contribution >= 4 is 44.0 Å². The van der Waals surface area contributed by atoms with Gasteiger partial charge in [0.1, 0.15) is 17.1 Å². The van der Waals surface area contributed by atoms with E-state index in [1.54, 1.807) is 6.07 Å². The van der Waals surface area contributed by atoms with Crippen molar-refractivity contribution in [1.82, 2.24) is 5.32 Å². The third-order valence-corrected chi connectivity index (χ3v) is 6.81. The van der Waals surface area contributed by atoms with Gasteiger partial charge in [-0.05, 0) is 42.5 Å². The van der Waals surface area contributed by atoms with Gasteiger partial charge in [0.15, 0.2) is 0 Å². The number of carbonyl (C=O) groups is 1. The van der Waals surface area contributed by atoms with Crippen LogP contribution in [0.5, 0.6) is 5.75 Å². The summed E-state index contributed by atoms with van der Waals surface area (Å²) in [5.41, 5.74) is 3.27. The van der Waals surface area contributed by atoms with E-state index in [9.17, 15) is 18.3 Å². The molecule has 0 fully saturated rings. The first-order valence-electron chi connectivity index (χ1n) is 11.1. The van der Waals surface area contributed by atoms with E-state index in [2.05, 4.69) is 10.6 Å². The highest BCUT2D eigenvalue weighted by molar-refractivity contribution is 7.92. The van der Waals surface area contributed by atoms with E-state index in [0.717, 1.165) is 21.9 Å². The van der Waals surface area contributed by atoms with Crippen LogP contribution in [0, 0.1) is 0 Å². The number of hydrogen-bond donors (Lipinski definition) is 3. The molecule has 0 spiro atoms. The average molecular weight is 510 g/mol. The van der Waals surface area contributed by atoms with Crippen LogP contribution in [-0.4, -0.2) is 53.0 Å². The Labute approximate surface area is 209 Å². The quantitative estimate of drug-likeness (QED) is 0.312. The van der Waals surface area contributed by atoms with Crippen LogP contribution < -0.4 is 19.7 Å². The molecule has 4 aromatic rings. The molecule has 0 radical (unpaired) electrons. The van der Waals surface area contributed by atoms with E-state index >= 15 is 0 Å². The summed E-state index contributed by atoms with van der Waals surface area (Å²) in [6, 6.07) is 20.2. The fourth-order valence-corrected chi connectivity index (χ4v) is 4.89. The zero-order valence-electron chi connectivity index (χ0n) is 20.1. The van der Waals surface area contributed by atoms with Gasteiger partial charge in [-0.1, -0.05) is 18.2 Å². The van der Waals surface area contributed by atoms with Gasteiger partial charge in [-0.25, -0.2) is 8.42 Å². The number of aliphatic hydroxyl groups is 1. The zero-order valence-corrected chi connectivity index (χ0v) is 20.9. The monoisotopic (exact) mass is 509 g/mol. The number of ether oxygens (including phenoxy) is 1. The summed E-state index contributed by atoms with van der Waals surface area (Å²) in [6.45, 7) is -0.545. The number of sulfonamides is 1. The topological polar surface area (TPSA) is 121 Å². The minimum atomic E-state index is -3.72. The number of para-hydroxylation sites is 1. The fraction of sp³-hybridized carbons (Fsp3) is 0.192. The number of methoxy groups -OCH3 is 1. The molecule has 4 rings (SSSR count). The number of aliphatic hydroxyl groups excluding tert-OH is 1. The normalized spacial score (nSPS) is 11.3. The second-order valence-electron chi connectivity index (χ2n) is 8.03. The average Bonchev–Trinajstić information content (AvgIpc) is 3.24. The molecule has 0 saturated carbocycles. The van der Waals surface area contributed by atoms with Crippen LogP contribution in [-0.2, 0) is 10.0 Å². The predicted octanol–water partition coefficient (Wildman–Crippen LogP) is 3.97. The lowest BCUT2D eigenvalue weighted by molar-refractivity contribution is 0.0964. The summed E-state index contributed by atoms with van der Waals surface area (Å²) in [4.78, 5) is 12.9. The highest BCUT2D eigenvalue weighted by atomic mass is 32.2. The van der Waals surface area contributed by atoms with Gasteiger partial charge in [-0.15, -0.1) is 0 Å². The number of nitrogens with one attached hydrogen (secondary N) is 2. The van der Waals surface area contributed by atoms with Crippen LogP contribution in [0.2, 0.25) is 0 Å². The molecule has 1 heterocycles. The molecule has 10 heteroatoms. The molecule has 0 aliphatic rings. The number of furan rings is 1. The molecule has 3 aromatic carbocycles. The van der Waals surface area contributed by atoms with Crippen molar-refractivity contribution in [2.75, 3.05) is 43.2 Å². The minimum Gasteiger partial charge on any atom is -0.495 e. The van der Waals surface area contributed by atoms with Crippen molar-refractivity contribution in [2.45, 2.75) is 0 Å². The number of anilines is 3. The first-order valence-corrected chi connectivity index (χ1v) is 13.0. The second-order valence-corrected chi connectivity index (χ2v) is 9.94. The van der Waals surface area contributed by atoms with Gasteiger partial charge in [-0.2, -0.15) is 0 Å². The highest BCUT2D eigenvalue weighted by Crippen LogP contribution is 2.41. The third-order valence-electron chi connectivity index (χ3n) is 5.63. The van der Waals surface area contributed by atoms with Gasteiger partial charge in [0, 0.05) is 35.4 Å². The number of carbonyl (C=O) groups excluding carboxylic acids is 1. The summed E-state index contributed by atoms with van der Waals surface area (Å²) in [5.74, 6) is 0.199. The molecular formula is C26H27N3O6S. The molecule has 0 atom stereocenters. The predicted molar refractivity (Wildman–Crippen MR) is 141 cm³/mol. The van der Waals surface area contributed by atoms with Gasteiger partial charge in [0.05, 0.1) is 37.8 Å². The maximum absolute atomic E-state index is 12.9. The van der Waals surface area contributed by atoms with Crippen LogP contribution >= 0.6 is 0 Å². The fourth-order valence-electron chi connectivity index (χ4n) is 3.97. The maximum Gasteiger partial charge on any atom is 0.255 e. The van der Waals surface area contributed by atoms with Crippen molar-refractivity contribution in [3.05, 3.63) is 72.3 Å². The zero-order chi connectivity index (χ0) is 25.9. The van der Waals surface area contributed by atoms with Gasteiger partial charge in [0.25, 0.3) is 5.91 Å². The molecule has 0 saturated heterocycles. The molecule has 0 aliphatic heterocycles. The van der Waals surface area contributed by atoms with E-state index in [1.807, 2.05) is 54.6 Å². The first-order chi connectivity index (χ1) is 17.3. The third kappa shape index (κ3) is 5.00. The number of fused-ring (bicyclic) bond motifs is 1. The molecule has 0 aliphatic carbocycles. The molecule has 1 aromatic heterocycles. The van der Waals surface area contributed by atoms with Crippen molar-refractivity contribution in [3.8, 4) is 17.1 Å². The van der Waals surface area contributed by atoms with Gasteiger partial charge >= 0.3 is 0 Å². The van der Waals surface area contributed by atoms with Crippen LogP contribution in [0.3, 0.4) is 0 Å². The number of hydrogen-bond acceptors (Lipinski definition) is 7. The van der Waals surface area contributed by atoms with Crippen molar-refractivity contribution < 1.29 is 27.5 Å². The Bertz CT molecular complexity index is 1480.